The molecule has 0 bridgehead atoms. The summed E-state index contributed by atoms with van der Waals surface area (Å²) in [7, 11) is 2.57. The zero-order chi connectivity index (χ0) is 41.1. The maximum Gasteiger partial charge on any atom is 0.407 e. The topological polar surface area (TPSA) is 200 Å². The molecule has 0 saturated carbocycles. The highest BCUT2D eigenvalue weighted by Gasteiger charge is 2.39. The first kappa shape index (κ1) is 39.9. The summed E-state index contributed by atoms with van der Waals surface area (Å²) in [5.74, 6) is 0.819. The zero-order valence-corrected chi connectivity index (χ0v) is 33.6. The normalized spacial score (nSPS) is 17.8. The lowest BCUT2D eigenvalue weighted by Crippen LogP contribution is -2.51. The summed E-state index contributed by atoms with van der Waals surface area (Å²) in [6.45, 7) is 8.72. The van der Waals surface area contributed by atoms with Crippen molar-refractivity contribution in [1.82, 2.24) is 50.3 Å². The minimum absolute atomic E-state index is 0.111. The van der Waals surface area contributed by atoms with Crippen LogP contribution in [0.3, 0.4) is 0 Å². The Bertz CT molecular complexity index is 2270. The highest BCUT2D eigenvalue weighted by Crippen LogP contribution is 2.35. The largest absolute Gasteiger partial charge is 0.453 e. The van der Waals surface area contributed by atoms with Crippen molar-refractivity contribution in [3.05, 3.63) is 72.7 Å². The van der Waals surface area contributed by atoms with E-state index in [1.165, 1.54) is 14.2 Å². The fourth-order valence-corrected chi connectivity index (χ4v) is 7.82. The Hall–Kier alpha value is -6.32. The van der Waals surface area contributed by atoms with Crippen LogP contribution in [-0.4, -0.2) is 103 Å². The molecule has 2 fully saturated rings. The summed E-state index contributed by atoms with van der Waals surface area (Å²) >= 11 is 0. The highest BCUT2D eigenvalue weighted by molar-refractivity contribution is 5.87. The van der Waals surface area contributed by atoms with E-state index in [0.717, 1.165) is 59.3 Å². The second kappa shape index (κ2) is 17.0. The number of carbonyl (C=O) groups is 4. The third-order valence-corrected chi connectivity index (χ3v) is 11.0. The van der Waals surface area contributed by atoms with Crippen LogP contribution in [-0.2, 0) is 19.1 Å². The standard InChI is InChI=1S/C42H50N10O6/c1-23(2)34(48-41(55)57-5)39(53)51-17-7-9-32(51)37-45-22-31(47-37)26-13-11-25(12-14-26)27-15-16-29(43-20-27)28-19-30-36(44-21-28)50-38(46-30)33-10-8-18-52(33)40(54)35(24(3)4)49-42(56)58-6/h11-16,19-24,32-35H,7-10,17-18H2,1-6H3,(H,45,47)(H,48,55)(H,49,56)(H,44,46,50)/t32-,33?,34-,35-/m0/s1. The molecule has 0 radical (unpaired) electrons. The van der Waals surface area contributed by atoms with Crippen molar-refractivity contribution in [2.24, 2.45) is 11.8 Å². The number of aromatic nitrogens is 6. The van der Waals surface area contributed by atoms with Crippen molar-refractivity contribution < 1.29 is 28.7 Å². The Labute approximate surface area is 336 Å². The number of amides is 4. The molecule has 0 spiro atoms. The van der Waals surface area contributed by atoms with Gasteiger partial charge in [-0.05, 0) is 55.2 Å². The van der Waals surface area contributed by atoms with E-state index < -0.39 is 24.3 Å². The minimum Gasteiger partial charge on any atom is -0.453 e. The van der Waals surface area contributed by atoms with Crippen LogP contribution in [0.15, 0.2) is 61.1 Å². The number of pyridine rings is 2. The van der Waals surface area contributed by atoms with E-state index in [9.17, 15) is 19.2 Å². The predicted molar refractivity (Wildman–Crippen MR) is 216 cm³/mol. The van der Waals surface area contributed by atoms with Gasteiger partial charge in [0.15, 0.2) is 5.65 Å². The summed E-state index contributed by atoms with van der Waals surface area (Å²) in [6, 6.07) is 12.1. The van der Waals surface area contributed by atoms with Crippen LogP contribution >= 0.6 is 0 Å². The van der Waals surface area contributed by atoms with Crippen LogP contribution < -0.4 is 10.6 Å². The summed E-state index contributed by atoms with van der Waals surface area (Å²) in [5, 5.41) is 5.38. The van der Waals surface area contributed by atoms with Gasteiger partial charge in [0.2, 0.25) is 11.8 Å². The van der Waals surface area contributed by atoms with Gasteiger partial charge in [0, 0.05) is 48.4 Å². The third kappa shape index (κ3) is 8.22. The fraction of sp³-hybridized carbons (Fsp3) is 0.429. The van der Waals surface area contributed by atoms with Crippen LogP contribution in [0.5, 0.6) is 0 Å². The first-order chi connectivity index (χ1) is 27.9. The van der Waals surface area contributed by atoms with Gasteiger partial charge in [0.05, 0.1) is 37.7 Å². The molecular weight excluding hydrogens is 741 g/mol. The molecule has 1 unspecified atom stereocenters. The van der Waals surface area contributed by atoms with Crippen molar-refractivity contribution in [1.29, 1.82) is 0 Å². The lowest BCUT2D eigenvalue weighted by Gasteiger charge is -2.29. The molecule has 16 heteroatoms. The third-order valence-electron chi connectivity index (χ3n) is 11.0. The predicted octanol–water partition coefficient (Wildman–Crippen LogP) is 6.17. The lowest BCUT2D eigenvalue weighted by molar-refractivity contribution is -0.136. The van der Waals surface area contributed by atoms with E-state index in [1.807, 2.05) is 82.6 Å². The number of H-pyrrole nitrogens is 2. The van der Waals surface area contributed by atoms with Gasteiger partial charge < -0.3 is 39.9 Å². The molecule has 4 aromatic heterocycles. The van der Waals surface area contributed by atoms with Crippen molar-refractivity contribution in [2.75, 3.05) is 27.3 Å². The van der Waals surface area contributed by atoms with Gasteiger partial charge in [-0.25, -0.2) is 24.5 Å². The molecule has 16 nitrogen and oxygen atoms in total. The molecule has 2 saturated heterocycles. The maximum atomic E-state index is 13.6. The van der Waals surface area contributed by atoms with E-state index in [1.54, 1.807) is 16.0 Å². The van der Waals surface area contributed by atoms with Crippen molar-refractivity contribution in [3.8, 4) is 33.6 Å². The van der Waals surface area contributed by atoms with Gasteiger partial charge in [-0.2, -0.15) is 0 Å². The molecule has 58 heavy (non-hydrogen) atoms. The smallest absolute Gasteiger partial charge is 0.407 e. The Kier molecular flexibility index (Phi) is 11.7. The molecule has 2 aliphatic heterocycles. The van der Waals surface area contributed by atoms with E-state index in [0.29, 0.717) is 35.9 Å². The van der Waals surface area contributed by atoms with E-state index in [2.05, 4.69) is 25.6 Å². The first-order valence-corrected chi connectivity index (χ1v) is 19.7. The molecule has 2 aliphatic rings. The van der Waals surface area contributed by atoms with Gasteiger partial charge >= 0.3 is 12.2 Å². The number of imidazole rings is 2. The second-order valence-corrected chi connectivity index (χ2v) is 15.5. The number of likely N-dealkylation sites (tertiary alicyclic amines) is 2. The fourth-order valence-electron chi connectivity index (χ4n) is 7.82. The SMILES string of the molecule is COC(=O)N[C@H](C(=O)N1CCCC1c1nc2cc(-c3ccc(-c4ccc(-c5c[nH]c([C@@H]6CCCN6C(=O)[C@@H](NC(=O)OC)C(C)C)n5)cc4)cn3)cnc2[nH]1)C(C)C. The number of carbonyl (C=O) groups excluding carboxylic acids is 4. The number of ether oxygens (including phenoxy) is 2. The Balaban J connectivity index is 1.02. The molecule has 1 aromatic carbocycles. The van der Waals surface area contributed by atoms with Gasteiger partial charge in [0.25, 0.3) is 0 Å². The van der Waals surface area contributed by atoms with Gasteiger partial charge in [-0.1, -0.05) is 58.0 Å². The molecular formula is C42H50N10O6. The highest BCUT2D eigenvalue weighted by atomic mass is 16.5. The number of rotatable bonds is 11. The molecule has 4 amide bonds. The molecule has 6 heterocycles. The maximum absolute atomic E-state index is 13.6. The minimum atomic E-state index is -0.713. The average molecular weight is 791 g/mol. The van der Waals surface area contributed by atoms with Gasteiger partial charge in [-0.15, -0.1) is 0 Å². The zero-order valence-electron chi connectivity index (χ0n) is 33.6. The monoisotopic (exact) mass is 790 g/mol. The van der Waals surface area contributed by atoms with E-state index >= 15 is 0 Å². The molecule has 7 rings (SSSR count). The van der Waals surface area contributed by atoms with Crippen LogP contribution in [0.4, 0.5) is 9.59 Å². The number of aromatic amines is 2. The first-order valence-electron chi connectivity index (χ1n) is 19.7. The number of alkyl carbamates (subject to hydrolysis) is 2. The van der Waals surface area contributed by atoms with Crippen molar-refractivity contribution in [2.45, 2.75) is 77.5 Å². The number of nitrogens with zero attached hydrogens (tertiary/aromatic N) is 6. The quantitative estimate of drug-likeness (QED) is 0.120. The number of hydrogen-bond acceptors (Lipinski definition) is 10. The van der Waals surface area contributed by atoms with Crippen LogP contribution in [0.1, 0.15) is 77.1 Å². The van der Waals surface area contributed by atoms with E-state index in [4.69, 9.17) is 24.4 Å². The number of methoxy groups -OCH3 is 2. The second-order valence-electron chi connectivity index (χ2n) is 15.5. The average Bonchev–Trinajstić information content (AvgIpc) is 4.07. The van der Waals surface area contributed by atoms with Crippen molar-refractivity contribution in [3.63, 3.8) is 0 Å². The Morgan fingerprint density at radius 2 is 1.24 bits per heavy atom. The lowest BCUT2D eigenvalue weighted by atomic mass is 10.0. The number of fused-ring (bicyclic) bond motifs is 1. The molecule has 4 N–H and O–H groups in total. The molecule has 5 aromatic rings. The molecule has 304 valence electrons. The van der Waals surface area contributed by atoms with Gasteiger partial charge in [-0.3, -0.25) is 14.6 Å². The molecule has 4 atom stereocenters. The molecule has 0 aliphatic carbocycles. The number of nitrogens with one attached hydrogen (secondary N) is 4. The van der Waals surface area contributed by atoms with Crippen molar-refractivity contribution >= 4 is 35.2 Å². The van der Waals surface area contributed by atoms with Crippen LogP contribution in [0.2, 0.25) is 0 Å². The Morgan fingerprint density at radius 3 is 1.79 bits per heavy atom. The van der Waals surface area contributed by atoms with E-state index in [-0.39, 0.29) is 35.7 Å². The summed E-state index contributed by atoms with van der Waals surface area (Å²) in [6.07, 6.45) is 7.36. The number of hydrogen-bond donors (Lipinski definition) is 4. The summed E-state index contributed by atoms with van der Waals surface area (Å²) in [5.41, 5.74) is 6.49. The Morgan fingerprint density at radius 1 is 0.690 bits per heavy atom. The number of benzene rings is 1. The summed E-state index contributed by atoms with van der Waals surface area (Å²) in [4.78, 5) is 80.4. The van der Waals surface area contributed by atoms with Gasteiger partial charge in [0.1, 0.15) is 29.2 Å². The van der Waals surface area contributed by atoms with Crippen LogP contribution in [0.25, 0.3) is 44.8 Å². The van der Waals surface area contributed by atoms with Crippen LogP contribution in [0, 0.1) is 11.8 Å². The summed E-state index contributed by atoms with van der Waals surface area (Å²) < 4.78 is 9.51.